The Morgan fingerprint density at radius 1 is 1.67 bits per heavy atom. The van der Waals surface area contributed by atoms with E-state index in [9.17, 15) is 14.9 Å². The standard InChI is InChI=1S/C11H11N3O4/c1-3-18-10(15)11(2,7-12)9-5-4-8(6-13-9)14(16)17/h4-6H,3H2,1-2H3. The lowest BCUT2D eigenvalue weighted by atomic mass is 9.88. The zero-order valence-corrected chi connectivity index (χ0v) is 9.91. The summed E-state index contributed by atoms with van der Waals surface area (Å²) in [6.45, 7) is 3.13. The van der Waals surface area contributed by atoms with Crippen LogP contribution < -0.4 is 0 Å². The minimum Gasteiger partial charge on any atom is -0.465 e. The van der Waals surface area contributed by atoms with E-state index in [1.54, 1.807) is 6.92 Å². The molecular formula is C11H11N3O4. The molecule has 0 bridgehead atoms. The van der Waals surface area contributed by atoms with Gasteiger partial charge in [-0.3, -0.25) is 15.1 Å². The second-order valence-electron chi connectivity index (χ2n) is 3.62. The van der Waals surface area contributed by atoms with Crippen molar-refractivity contribution >= 4 is 11.7 Å². The molecule has 0 saturated carbocycles. The molecule has 1 atom stereocenters. The zero-order chi connectivity index (χ0) is 13.8. The van der Waals surface area contributed by atoms with Gasteiger partial charge in [0.25, 0.3) is 5.69 Å². The smallest absolute Gasteiger partial charge is 0.332 e. The van der Waals surface area contributed by atoms with Crippen molar-refractivity contribution in [1.29, 1.82) is 5.26 Å². The largest absolute Gasteiger partial charge is 0.465 e. The minimum atomic E-state index is -1.56. The molecule has 0 spiro atoms. The van der Waals surface area contributed by atoms with Crippen LogP contribution in [0.15, 0.2) is 18.3 Å². The monoisotopic (exact) mass is 249 g/mol. The van der Waals surface area contributed by atoms with Gasteiger partial charge in [-0.15, -0.1) is 0 Å². The van der Waals surface area contributed by atoms with Crippen molar-refractivity contribution in [3.63, 3.8) is 0 Å². The fourth-order valence-electron chi connectivity index (χ4n) is 1.27. The van der Waals surface area contributed by atoms with Gasteiger partial charge in [-0.2, -0.15) is 5.26 Å². The van der Waals surface area contributed by atoms with E-state index in [4.69, 9.17) is 10.00 Å². The fraction of sp³-hybridized carbons (Fsp3) is 0.364. The number of ether oxygens (including phenoxy) is 1. The average molecular weight is 249 g/mol. The first kappa shape index (κ1) is 13.6. The molecule has 1 heterocycles. The van der Waals surface area contributed by atoms with Crippen molar-refractivity contribution in [1.82, 2.24) is 4.98 Å². The molecule has 0 saturated heterocycles. The Morgan fingerprint density at radius 3 is 2.72 bits per heavy atom. The van der Waals surface area contributed by atoms with Crippen molar-refractivity contribution in [2.45, 2.75) is 19.3 Å². The summed E-state index contributed by atoms with van der Waals surface area (Å²) in [6, 6.07) is 4.29. The number of nitrogens with zero attached hydrogens (tertiary/aromatic N) is 3. The predicted octanol–water partition coefficient (Wildman–Crippen LogP) is 1.33. The van der Waals surface area contributed by atoms with Crippen molar-refractivity contribution in [2.24, 2.45) is 0 Å². The van der Waals surface area contributed by atoms with Gasteiger partial charge in [0, 0.05) is 6.07 Å². The summed E-state index contributed by atoms with van der Waals surface area (Å²) in [4.78, 5) is 25.3. The molecule has 0 aliphatic carbocycles. The van der Waals surface area contributed by atoms with Crippen molar-refractivity contribution in [2.75, 3.05) is 6.61 Å². The Labute approximate surface area is 103 Å². The lowest BCUT2D eigenvalue weighted by molar-refractivity contribution is -0.385. The quantitative estimate of drug-likeness (QED) is 0.452. The number of carbonyl (C=O) groups excluding carboxylic acids is 1. The van der Waals surface area contributed by atoms with Crippen LogP contribution >= 0.6 is 0 Å². The van der Waals surface area contributed by atoms with E-state index >= 15 is 0 Å². The first-order valence-electron chi connectivity index (χ1n) is 5.15. The van der Waals surface area contributed by atoms with Crippen LogP contribution in [0.4, 0.5) is 5.69 Å². The van der Waals surface area contributed by atoms with Crippen LogP contribution in [0.2, 0.25) is 0 Å². The molecule has 7 nitrogen and oxygen atoms in total. The van der Waals surface area contributed by atoms with E-state index in [-0.39, 0.29) is 18.0 Å². The number of carbonyl (C=O) groups is 1. The summed E-state index contributed by atoms with van der Waals surface area (Å²) in [5.41, 5.74) is -1.65. The number of aromatic nitrogens is 1. The maximum Gasteiger partial charge on any atom is 0.332 e. The molecular weight excluding hydrogens is 238 g/mol. The molecule has 7 heteroatoms. The third kappa shape index (κ3) is 2.43. The number of nitro groups is 1. The Balaban J connectivity index is 3.13. The van der Waals surface area contributed by atoms with E-state index in [0.29, 0.717) is 0 Å². The molecule has 0 aromatic carbocycles. The summed E-state index contributed by atoms with van der Waals surface area (Å²) in [7, 11) is 0. The second-order valence-corrected chi connectivity index (χ2v) is 3.62. The molecule has 0 N–H and O–H groups in total. The number of esters is 1. The topological polar surface area (TPSA) is 106 Å². The number of hydrogen-bond donors (Lipinski definition) is 0. The average Bonchev–Trinajstić information content (AvgIpc) is 2.38. The second kappa shape index (κ2) is 5.23. The first-order chi connectivity index (χ1) is 8.45. The summed E-state index contributed by atoms with van der Waals surface area (Å²) >= 11 is 0. The Bertz CT molecular complexity index is 506. The van der Waals surface area contributed by atoms with Gasteiger partial charge in [0.1, 0.15) is 6.20 Å². The number of pyridine rings is 1. The third-order valence-electron chi connectivity index (χ3n) is 2.38. The highest BCUT2D eigenvalue weighted by Gasteiger charge is 2.38. The summed E-state index contributed by atoms with van der Waals surface area (Å²) in [6.07, 6.45) is 1.00. The van der Waals surface area contributed by atoms with E-state index in [1.807, 2.05) is 6.07 Å². The maximum absolute atomic E-state index is 11.7. The van der Waals surface area contributed by atoms with Crippen LogP contribution in [0, 0.1) is 21.4 Å². The Hall–Kier alpha value is -2.49. The Morgan fingerprint density at radius 2 is 2.33 bits per heavy atom. The maximum atomic E-state index is 11.7. The van der Waals surface area contributed by atoms with Gasteiger partial charge in [0.15, 0.2) is 5.41 Å². The van der Waals surface area contributed by atoms with Gasteiger partial charge in [-0.1, -0.05) is 0 Å². The van der Waals surface area contributed by atoms with Gasteiger partial charge < -0.3 is 4.74 Å². The number of nitriles is 1. The van der Waals surface area contributed by atoms with Crippen LogP contribution in [-0.4, -0.2) is 22.5 Å². The zero-order valence-electron chi connectivity index (χ0n) is 9.91. The van der Waals surface area contributed by atoms with E-state index in [1.165, 1.54) is 19.1 Å². The van der Waals surface area contributed by atoms with Gasteiger partial charge in [0.2, 0.25) is 0 Å². The number of hydrogen-bond acceptors (Lipinski definition) is 6. The van der Waals surface area contributed by atoms with Gasteiger partial charge in [-0.05, 0) is 19.9 Å². The summed E-state index contributed by atoms with van der Waals surface area (Å²) in [5.74, 6) is -0.728. The SMILES string of the molecule is CCOC(=O)C(C)(C#N)c1ccc([N+](=O)[O-])cn1. The third-order valence-corrected chi connectivity index (χ3v) is 2.38. The van der Waals surface area contributed by atoms with Crippen LogP contribution in [-0.2, 0) is 14.9 Å². The first-order valence-corrected chi connectivity index (χ1v) is 5.15. The molecule has 18 heavy (non-hydrogen) atoms. The minimum absolute atomic E-state index is 0.119. The molecule has 1 rings (SSSR count). The van der Waals surface area contributed by atoms with Gasteiger partial charge in [0.05, 0.1) is 23.3 Å². The normalized spacial score (nSPS) is 13.2. The summed E-state index contributed by atoms with van der Waals surface area (Å²) < 4.78 is 4.79. The van der Waals surface area contributed by atoms with E-state index in [0.717, 1.165) is 6.20 Å². The van der Waals surface area contributed by atoms with Crippen molar-refractivity contribution < 1.29 is 14.5 Å². The van der Waals surface area contributed by atoms with Crippen molar-refractivity contribution in [3.8, 4) is 6.07 Å². The summed E-state index contributed by atoms with van der Waals surface area (Å²) in [5, 5.41) is 19.6. The molecule has 94 valence electrons. The molecule has 1 aromatic rings. The molecule has 0 aliphatic heterocycles. The van der Waals surface area contributed by atoms with Crippen LogP contribution in [0.3, 0.4) is 0 Å². The molecule has 0 radical (unpaired) electrons. The fourth-order valence-corrected chi connectivity index (χ4v) is 1.27. The van der Waals surface area contributed by atoms with Gasteiger partial charge in [-0.25, -0.2) is 4.79 Å². The lowest BCUT2D eigenvalue weighted by Crippen LogP contribution is -2.33. The van der Waals surface area contributed by atoms with E-state index in [2.05, 4.69) is 4.98 Å². The van der Waals surface area contributed by atoms with E-state index < -0.39 is 16.3 Å². The van der Waals surface area contributed by atoms with Crippen LogP contribution in [0.25, 0.3) is 0 Å². The van der Waals surface area contributed by atoms with Crippen LogP contribution in [0.1, 0.15) is 19.5 Å². The molecule has 0 aliphatic rings. The highest BCUT2D eigenvalue weighted by Crippen LogP contribution is 2.24. The predicted molar refractivity (Wildman–Crippen MR) is 60.5 cm³/mol. The lowest BCUT2D eigenvalue weighted by Gasteiger charge is -2.18. The molecule has 1 aromatic heterocycles. The number of rotatable bonds is 4. The highest BCUT2D eigenvalue weighted by atomic mass is 16.6. The van der Waals surface area contributed by atoms with Crippen molar-refractivity contribution in [3.05, 3.63) is 34.1 Å². The molecule has 1 unspecified atom stereocenters. The Kier molecular flexibility index (Phi) is 3.94. The van der Waals surface area contributed by atoms with Crippen LogP contribution in [0.5, 0.6) is 0 Å². The molecule has 0 fully saturated rings. The molecule has 0 amide bonds. The highest BCUT2D eigenvalue weighted by molar-refractivity contribution is 5.85. The van der Waals surface area contributed by atoms with Gasteiger partial charge >= 0.3 is 5.97 Å².